The number of aliphatic carboxylic acids is 3. The van der Waals surface area contributed by atoms with Crippen LogP contribution in [0.2, 0.25) is 0 Å². The number of nitro groups is 2. The number of benzene rings is 1. The Labute approximate surface area is 289 Å². The molecule has 272 valence electrons. The molecule has 25 heteroatoms. The Kier molecular flexibility index (Phi) is 11.7. The van der Waals surface area contributed by atoms with Gasteiger partial charge in [-0.05, 0) is 31.6 Å². The molecule has 0 spiro atoms. The van der Waals surface area contributed by atoms with Crippen molar-refractivity contribution in [3.8, 4) is 0 Å². The largest absolute Gasteiger partial charge is 0.490 e. The van der Waals surface area contributed by atoms with E-state index in [1.807, 2.05) is 0 Å². The maximum absolute atomic E-state index is 13.2. The molecule has 1 aromatic heterocycles. The van der Waals surface area contributed by atoms with Gasteiger partial charge >= 0.3 is 24.1 Å². The Morgan fingerprint density at radius 2 is 1.75 bits per heavy atom. The van der Waals surface area contributed by atoms with Gasteiger partial charge in [0, 0.05) is 17.2 Å². The Morgan fingerprint density at radius 1 is 1.12 bits per heavy atom. The van der Waals surface area contributed by atoms with Gasteiger partial charge < -0.3 is 31.2 Å². The number of fused-ring (bicyclic) bond motifs is 1. The number of non-ortho nitro benzene ring substituents is 1. The summed E-state index contributed by atoms with van der Waals surface area (Å²) < 4.78 is 31.7. The lowest BCUT2D eigenvalue weighted by Gasteiger charge is -2.49. The van der Waals surface area contributed by atoms with E-state index in [9.17, 15) is 62.8 Å². The highest BCUT2D eigenvalue weighted by molar-refractivity contribution is 8.00. The first-order valence-corrected chi connectivity index (χ1v) is 15.3. The zero-order valence-electron chi connectivity index (χ0n) is 25.5. The third-order valence-electron chi connectivity index (χ3n) is 6.47. The number of rotatable bonds is 11. The summed E-state index contributed by atoms with van der Waals surface area (Å²) in [5.74, 6) is -7.35. The number of nitrogen functional groups attached to an aromatic ring is 1. The molecule has 0 radical (unpaired) electrons. The topological polar surface area (TPSA) is 308 Å². The van der Waals surface area contributed by atoms with Crippen molar-refractivity contribution in [2.24, 2.45) is 5.16 Å². The number of aromatic nitrogens is 1. The number of carbonyl (C=O) groups excluding carboxylic acids is 2. The molecule has 2 aliphatic rings. The molecule has 1 saturated heterocycles. The minimum atomic E-state index is -5.08. The van der Waals surface area contributed by atoms with Crippen molar-refractivity contribution in [3.05, 3.63) is 72.4 Å². The number of halogens is 3. The van der Waals surface area contributed by atoms with Crippen molar-refractivity contribution in [2.75, 3.05) is 11.5 Å². The highest BCUT2D eigenvalue weighted by atomic mass is 32.2. The van der Waals surface area contributed by atoms with Gasteiger partial charge in [-0.3, -0.25) is 34.7 Å². The van der Waals surface area contributed by atoms with Crippen molar-refractivity contribution in [1.29, 1.82) is 0 Å². The van der Waals surface area contributed by atoms with Crippen LogP contribution in [0.5, 0.6) is 0 Å². The molecular formula is C26H22F3N7O13S2. The van der Waals surface area contributed by atoms with Gasteiger partial charge in [-0.1, -0.05) is 11.2 Å². The average Bonchev–Trinajstić information content (AvgIpc) is 3.46. The maximum atomic E-state index is 13.2. The molecule has 0 aliphatic carbocycles. The summed E-state index contributed by atoms with van der Waals surface area (Å²) in [4.78, 5) is 89.6. The first-order valence-electron chi connectivity index (χ1n) is 13.4. The predicted octanol–water partition coefficient (Wildman–Crippen LogP) is 2.21. The summed E-state index contributed by atoms with van der Waals surface area (Å²) in [6.07, 6.45) is -2.61. The third kappa shape index (κ3) is 9.12. The van der Waals surface area contributed by atoms with Gasteiger partial charge in [0.2, 0.25) is 5.60 Å². The molecule has 2 amide bonds. The number of anilines is 1. The number of nitrogens with one attached hydrogen (secondary N) is 1. The van der Waals surface area contributed by atoms with Crippen molar-refractivity contribution in [2.45, 2.75) is 37.0 Å². The molecule has 20 nitrogen and oxygen atoms in total. The Morgan fingerprint density at radius 3 is 2.24 bits per heavy atom. The lowest BCUT2D eigenvalue weighted by Crippen LogP contribution is -2.71. The number of thiazole rings is 1. The Hall–Kier alpha value is -6.11. The van der Waals surface area contributed by atoms with Crippen LogP contribution in [-0.4, -0.2) is 99.4 Å². The fourth-order valence-electron chi connectivity index (χ4n) is 3.92. The van der Waals surface area contributed by atoms with Crippen LogP contribution in [0.3, 0.4) is 0 Å². The molecular weight excluding hydrogens is 739 g/mol. The van der Waals surface area contributed by atoms with Gasteiger partial charge in [-0.15, -0.1) is 23.1 Å². The van der Waals surface area contributed by atoms with Crippen LogP contribution < -0.4 is 11.1 Å². The van der Waals surface area contributed by atoms with E-state index >= 15 is 0 Å². The smallest absolute Gasteiger partial charge is 0.478 e. The maximum Gasteiger partial charge on any atom is 0.490 e. The predicted molar refractivity (Wildman–Crippen MR) is 168 cm³/mol. The van der Waals surface area contributed by atoms with Crippen LogP contribution >= 0.6 is 23.1 Å². The number of β-lactam (4-membered cyclic amide) rings is 1. The van der Waals surface area contributed by atoms with Crippen molar-refractivity contribution < 1.29 is 67.1 Å². The monoisotopic (exact) mass is 761 g/mol. The summed E-state index contributed by atoms with van der Waals surface area (Å²) >= 11 is 2.06. The average molecular weight is 762 g/mol. The van der Waals surface area contributed by atoms with E-state index < -0.39 is 85.5 Å². The van der Waals surface area contributed by atoms with Crippen molar-refractivity contribution in [1.82, 2.24) is 15.2 Å². The molecule has 0 unspecified atom stereocenters. The number of nitrogens with zero attached hydrogens (tertiary/aromatic N) is 5. The second kappa shape index (κ2) is 15.2. The molecule has 0 bridgehead atoms. The standard InChI is InChI=1S/C24H21N7O11S2.C2HF3O2/c1-24(2,22(36)37)42-28-15(13-9-44-23(25)26-13)18(32)27-16-19(33)29-17(21(34)35)11(8-43-20(16)29)4-3-10-5-6-12(30(38)39)7-14(10)31(40)41;3-2(4,5)1(6)7/h3-7,9,16,20H,8H2,1-2H3,(H2,25,26)(H,27,32)(H,34,35)(H,36,37);(H,6,7)/b4-3?,28-15-;/t16-,20+;/m1./s1. The first kappa shape index (κ1) is 39.3. The molecule has 3 heterocycles. The number of thioether (sulfide) groups is 1. The van der Waals surface area contributed by atoms with Crippen LogP contribution in [0.15, 0.2) is 46.1 Å². The third-order valence-corrected chi connectivity index (χ3v) is 8.45. The van der Waals surface area contributed by atoms with Crippen LogP contribution in [0, 0.1) is 20.2 Å². The number of allylic oxidation sites excluding steroid dienone is 1. The summed E-state index contributed by atoms with van der Waals surface area (Å²) in [5.41, 5.74) is 1.89. The van der Waals surface area contributed by atoms with Gasteiger partial charge in [0.25, 0.3) is 23.2 Å². The molecule has 1 aromatic carbocycles. The van der Waals surface area contributed by atoms with E-state index in [0.717, 1.165) is 46.2 Å². The molecule has 0 saturated carbocycles. The first-order chi connectivity index (χ1) is 23.6. The number of carbonyl (C=O) groups is 5. The van der Waals surface area contributed by atoms with Crippen LogP contribution in [0.25, 0.3) is 6.08 Å². The number of nitro benzene ring substituents is 2. The van der Waals surface area contributed by atoms with Gasteiger partial charge in [0.05, 0.1) is 21.5 Å². The van der Waals surface area contributed by atoms with E-state index in [2.05, 4.69) is 15.5 Å². The van der Waals surface area contributed by atoms with Gasteiger partial charge in [0.1, 0.15) is 22.8 Å². The van der Waals surface area contributed by atoms with E-state index in [1.54, 1.807) is 0 Å². The fourth-order valence-corrected chi connectivity index (χ4v) is 5.78. The molecule has 1 fully saturated rings. The minimum Gasteiger partial charge on any atom is -0.478 e. The number of alkyl halides is 3. The lowest BCUT2D eigenvalue weighted by atomic mass is 10.0. The number of hydrogen-bond donors (Lipinski definition) is 5. The Bertz CT molecular complexity index is 1910. The van der Waals surface area contributed by atoms with Gasteiger partial charge in [-0.25, -0.2) is 19.4 Å². The van der Waals surface area contributed by atoms with E-state index in [1.165, 1.54) is 31.4 Å². The quantitative estimate of drug-likeness (QED) is 0.0948. The van der Waals surface area contributed by atoms with Gasteiger partial charge in [-0.2, -0.15) is 13.2 Å². The second-order valence-corrected chi connectivity index (χ2v) is 12.3. The van der Waals surface area contributed by atoms with Crippen LogP contribution in [0.4, 0.5) is 29.7 Å². The number of carboxylic acids is 3. The molecule has 2 atom stereocenters. The Balaban J connectivity index is 0.000000908. The zero-order valence-corrected chi connectivity index (χ0v) is 27.1. The summed E-state index contributed by atoms with van der Waals surface area (Å²) in [7, 11) is 0. The number of nitrogens with two attached hydrogens (primary N) is 1. The van der Waals surface area contributed by atoms with E-state index in [0.29, 0.717) is 0 Å². The van der Waals surface area contributed by atoms with Crippen LogP contribution in [-0.2, 0) is 28.8 Å². The molecule has 6 N–H and O–H groups in total. The lowest BCUT2D eigenvalue weighted by molar-refractivity contribution is -0.394. The van der Waals surface area contributed by atoms with Crippen molar-refractivity contribution >= 4 is 81.1 Å². The van der Waals surface area contributed by atoms with Crippen LogP contribution in [0.1, 0.15) is 25.1 Å². The molecule has 4 rings (SSSR count). The normalized spacial score (nSPS) is 17.5. The highest BCUT2D eigenvalue weighted by Gasteiger charge is 2.54. The summed E-state index contributed by atoms with van der Waals surface area (Å²) in [5, 5.41) is 55.5. The highest BCUT2D eigenvalue weighted by Crippen LogP contribution is 2.41. The number of amides is 2. The molecule has 51 heavy (non-hydrogen) atoms. The number of carboxylic acid groups (broad SMARTS) is 3. The fraction of sp³-hybridized carbons (Fsp3) is 0.269. The van der Waals surface area contributed by atoms with E-state index in [4.69, 9.17) is 20.5 Å². The summed E-state index contributed by atoms with van der Waals surface area (Å²) in [6.45, 7) is 2.39. The molecule has 2 aromatic rings. The van der Waals surface area contributed by atoms with Crippen molar-refractivity contribution in [3.63, 3.8) is 0 Å². The zero-order chi connectivity index (χ0) is 38.6. The van der Waals surface area contributed by atoms with E-state index in [-0.39, 0.29) is 27.7 Å². The summed E-state index contributed by atoms with van der Waals surface area (Å²) in [6, 6.07) is 1.76. The molecule has 2 aliphatic heterocycles. The number of hydrogen-bond acceptors (Lipinski definition) is 15. The van der Waals surface area contributed by atoms with Gasteiger partial charge in [0.15, 0.2) is 10.8 Å². The second-order valence-electron chi connectivity index (χ2n) is 10.4. The number of oxime groups is 1. The SMILES string of the molecule is CC(C)(O/N=C(\C(=O)N[C@@H]1C(=O)N2C(C(=O)O)=C(C=Cc3ccc([N+](=O)[O-])cc3[N+](=O)[O-])CS[C@@H]12)c1csc(N)n1)C(=O)O.O=C(O)C(F)(F)F. The minimum absolute atomic E-state index is 0.0131.